The molecule has 1 unspecified atom stereocenters. The second kappa shape index (κ2) is 7.47. The number of nitrogens with two attached hydrogens (primary N) is 1. The van der Waals surface area contributed by atoms with Gasteiger partial charge in [0.1, 0.15) is 11.9 Å². The van der Waals surface area contributed by atoms with Crippen LogP contribution in [0.2, 0.25) is 0 Å². The van der Waals surface area contributed by atoms with Crippen LogP contribution in [0.15, 0.2) is 30.5 Å². The highest BCUT2D eigenvalue weighted by molar-refractivity contribution is 5.91. The predicted molar refractivity (Wildman–Crippen MR) is 93.1 cm³/mol. The van der Waals surface area contributed by atoms with E-state index < -0.39 is 12.3 Å². The molecule has 0 saturated carbocycles. The van der Waals surface area contributed by atoms with E-state index in [-0.39, 0.29) is 6.04 Å². The van der Waals surface area contributed by atoms with E-state index in [1.54, 1.807) is 12.1 Å². The van der Waals surface area contributed by atoms with Gasteiger partial charge in [-0.1, -0.05) is 6.07 Å². The number of aryl methyl sites for hydroxylation is 1. The molecule has 0 aromatic carbocycles. The minimum Gasteiger partial charge on any atom is -0.351 e. The second-order valence-corrected chi connectivity index (χ2v) is 5.87. The average Bonchev–Trinajstić information content (AvgIpc) is 2.67. The highest BCUT2D eigenvalue weighted by Crippen LogP contribution is 2.37. The van der Waals surface area contributed by atoms with Crippen LogP contribution in [0.25, 0.3) is 0 Å². The highest BCUT2D eigenvalue weighted by atomic mass is 16.7. The van der Waals surface area contributed by atoms with Crippen molar-refractivity contribution in [2.75, 3.05) is 19.1 Å². The van der Waals surface area contributed by atoms with Crippen molar-refractivity contribution >= 4 is 11.8 Å². The third-order valence-corrected chi connectivity index (χ3v) is 4.37. The van der Waals surface area contributed by atoms with Gasteiger partial charge in [-0.05, 0) is 36.6 Å². The maximum absolute atomic E-state index is 12.2. The molecule has 0 fully saturated rings. The fourth-order valence-electron chi connectivity index (χ4n) is 3.14. The van der Waals surface area contributed by atoms with E-state index >= 15 is 0 Å². The van der Waals surface area contributed by atoms with Crippen LogP contribution in [0.1, 0.15) is 41.3 Å². The molecule has 0 radical (unpaired) electrons. The Labute approximate surface area is 151 Å². The summed E-state index contributed by atoms with van der Waals surface area (Å²) < 4.78 is 10.5. The Balaban J connectivity index is 2.03. The lowest BCUT2D eigenvalue weighted by Gasteiger charge is -2.35. The van der Waals surface area contributed by atoms with Gasteiger partial charge < -0.3 is 15.2 Å². The van der Waals surface area contributed by atoms with Gasteiger partial charge in [0.05, 0.1) is 23.0 Å². The van der Waals surface area contributed by atoms with Crippen molar-refractivity contribution in [3.63, 3.8) is 0 Å². The van der Waals surface area contributed by atoms with Crippen molar-refractivity contribution in [3.8, 4) is 6.07 Å². The van der Waals surface area contributed by atoms with Gasteiger partial charge in [-0.15, -0.1) is 0 Å². The summed E-state index contributed by atoms with van der Waals surface area (Å²) >= 11 is 0. The molecule has 3 rings (SSSR count). The third-order valence-electron chi connectivity index (χ3n) is 4.37. The molecule has 2 N–H and O–H groups in total. The Bertz CT molecular complexity index is 843. The van der Waals surface area contributed by atoms with Gasteiger partial charge >= 0.3 is 6.03 Å². The quantitative estimate of drug-likeness (QED) is 0.843. The number of nitrogens with zero attached hydrogens (tertiary/aromatic N) is 4. The van der Waals surface area contributed by atoms with Crippen molar-refractivity contribution < 1.29 is 14.3 Å². The molecule has 8 heteroatoms. The summed E-state index contributed by atoms with van der Waals surface area (Å²) in [5.74, 6) is 0.483. The second-order valence-electron chi connectivity index (χ2n) is 5.87. The summed E-state index contributed by atoms with van der Waals surface area (Å²) in [4.78, 5) is 22.5. The number of carbonyl (C=O) groups excluding carboxylic acids is 1. The van der Waals surface area contributed by atoms with Gasteiger partial charge in [-0.25, -0.2) is 9.78 Å². The molecule has 134 valence electrons. The zero-order valence-corrected chi connectivity index (χ0v) is 14.5. The zero-order valence-electron chi connectivity index (χ0n) is 14.5. The Kier molecular flexibility index (Phi) is 5.11. The lowest BCUT2D eigenvalue weighted by atomic mass is 9.95. The summed E-state index contributed by atoms with van der Waals surface area (Å²) in [6.45, 7) is 0. The largest absolute Gasteiger partial charge is 0.351 e. The first kappa shape index (κ1) is 17.8. The molecule has 0 aliphatic carbocycles. The predicted octanol–water partition coefficient (Wildman–Crippen LogP) is 2.21. The van der Waals surface area contributed by atoms with E-state index in [9.17, 15) is 4.79 Å². The number of primary amides is 1. The molecule has 26 heavy (non-hydrogen) atoms. The lowest BCUT2D eigenvalue weighted by molar-refractivity contribution is -0.108. The van der Waals surface area contributed by atoms with Crippen LogP contribution in [0.5, 0.6) is 0 Å². The number of methoxy groups -OCH3 is 2. The molecule has 0 bridgehead atoms. The summed E-state index contributed by atoms with van der Waals surface area (Å²) in [6, 6.07) is 8.20. The van der Waals surface area contributed by atoms with E-state index in [1.807, 2.05) is 18.2 Å². The molecule has 0 saturated heterocycles. The maximum Gasteiger partial charge on any atom is 0.321 e. The van der Waals surface area contributed by atoms with Crippen molar-refractivity contribution in [3.05, 3.63) is 53.0 Å². The zero-order chi connectivity index (χ0) is 18.7. The molecule has 1 atom stereocenters. The number of ether oxygens (including phenoxy) is 2. The SMILES string of the molecule is COC(OC)c1ccc2c(n1)N(C(N)=O)C(c1ccc(C#N)cn1)CC2. The van der Waals surface area contributed by atoms with Gasteiger partial charge in [0, 0.05) is 20.4 Å². The molecule has 3 heterocycles. The van der Waals surface area contributed by atoms with E-state index in [0.717, 1.165) is 12.0 Å². The molecule has 0 spiro atoms. The van der Waals surface area contributed by atoms with Crippen LogP contribution < -0.4 is 10.6 Å². The first-order chi connectivity index (χ1) is 12.6. The minimum absolute atomic E-state index is 0.348. The van der Waals surface area contributed by atoms with Crippen LogP contribution in [-0.4, -0.2) is 30.2 Å². The maximum atomic E-state index is 12.2. The average molecular weight is 353 g/mol. The Morgan fingerprint density at radius 2 is 2.12 bits per heavy atom. The number of pyridine rings is 2. The van der Waals surface area contributed by atoms with Crippen LogP contribution in [0.3, 0.4) is 0 Å². The number of nitriles is 1. The molecule has 2 aromatic rings. The number of carbonyl (C=O) groups is 1. The first-order valence-corrected chi connectivity index (χ1v) is 8.09. The van der Waals surface area contributed by atoms with E-state index in [1.165, 1.54) is 25.3 Å². The van der Waals surface area contributed by atoms with Crippen LogP contribution >= 0.6 is 0 Å². The molecule has 2 amide bonds. The normalized spacial score (nSPS) is 16.2. The van der Waals surface area contributed by atoms with Crippen LogP contribution in [0, 0.1) is 11.3 Å². The smallest absolute Gasteiger partial charge is 0.321 e. The van der Waals surface area contributed by atoms with Gasteiger partial charge in [-0.3, -0.25) is 9.88 Å². The van der Waals surface area contributed by atoms with Crippen LogP contribution in [-0.2, 0) is 15.9 Å². The van der Waals surface area contributed by atoms with E-state index in [2.05, 4.69) is 9.97 Å². The van der Waals surface area contributed by atoms with E-state index in [0.29, 0.717) is 29.2 Å². The van der Waals surface area contributed by atoms with Gasteiger partial charge in [0.15, 0.2) is 0 Å². The Morgan fingerprint density at radius 3 is 2.69 bits per heavy atom. The number of hydrogen-bond donors (Lipinski definition) is 1. The molecule has 8 nitrogen and oxygen atoms in total. The third kappa shape index (κ3) is 3.22. The minimum atomic E-state index is -0.636. The fraction of sp³-hybridized carbons (Fsp3) is 0.333. The van der Waals surface area contributed by atoms with Crippen molar-refractivity contribution in [1.29, 1.82) is 5.26 Å². The highest BCUT2D eigenvalue weighted by Gasteiger charge is 2.33. The summed E-state index contributed by atoms with van der Waals surface area (Å²) in [5.41, 5.74) is 8.25. The lowest BCUT2D eigenvalue weighted by Crippen LogP contribution is -2.43. The number of hydrogen-bond acceptors (Lipinski definition) is 6. The van der Waals surface area contributed by atoms with Crippen molar-refractivity contribution in [2.24, 2.45) is 5.73 Å². The van der Waals surface area contributed by atoms with Gasteiger partial charge in [0.2, 0.25) is 6.29 Å². The van der Waals surface area contributed by atoms with Crippen molar-refractivity contribution in [1.82, 2.24) is 9.97 Å². The summed E-state index contributed by atoms with van der Waals surface area (Å²) in [5, 5.41) is 8.93. The molecule has 1 aliphatic heterocycles. The summed E-state index contributed by atoms with van der Waals surface area (Å²) in [6.07, 6.45) is 2.24. The van der Waals surface area contributed by atoms with Crippen molar-refractivity contribution in [2.45, 2.75) is 25.2 Å². The van der Waals surface area contributed by atoms with Gasteiger partial charge in [-0.2, -0.15) is 5.26 Å². The molecule has 2 aromatic heterocycles. The number of rotatable bonds is 4. The molecular weight excluding hydrogens is 334 g/mol. The number of anilines is 1. The Hall–Kier alpha value is -3.02. The monoisotopic (exact) mass is 353 g/mol. The number of amides is 2. The topological polar surface area (TPSA) is 114 Å². The van der Waals surface area contributed by atoms with Gasteiger partial charge in [0.25, 0.3) is 0 Å². The molecule has 1 aliphatic rings. The summed E-state index contributed by atoms with van der Waals surface area (Å²) in [7, 11) is 3.04. The van der Waals surface area contributed by atoms with Crippen LogP contribution in [0.4, 0.5) is 10.6 Å². The first-order valence-electron chi connectivity index (χ1n) is 8.09. The fourth-order valence-corrected chi connectivity index (χ4v) is 3.14. The number of fused-ring (bicyclic) bond motifs is 1. The number of aromatic nitrogens is 2. The molecular formula is C18H19N5O3. The van der Waals surface area contributed by atoms with E-state index in [4.69, 9.17) is 20.5 Å². The Morgan fingerprint density at radius 1 is 1.35 bits per heavy atom. The number of urea groups is 1. The standard InChI is InChI=1S/C18H19N5O3/c1-25-17(26-2)14-7-4-12-5-8-15(23(18(20)24)16(12)22-14)13-6-3-11(9-19)10-21-13/h3-4,6-7,10,15,17H,5,8H2,1-2H3,(H2,20,24).